The van der Waals surface area contributed by atoms with Crippen molar-refractivity contribution < 1.29 is 9.13 Å². The van der Waals surface area contributed by atoms with Crippen LogP contribution in [0.2, 0.25) is 0 Å². The summed E-state index contributed by atoms with van der Waals surface area (Å²) >= 11 is 0. The van der Waals surface area contributed by atoms with Crippen molar-refractivity contribution in [3.05, 3.63) is 66.1 Å². The van der Waals surface area contributed by atoms with E-state index in [0.717, 1.165) is 28.8 Å². The molecule has 0 spiro atoms. The van der Waals surface area contributed by atoms with E-state index in [0.29, 0.717) is 6.61 Å². The molecular weight excluding hydrogens is 279 g/mol. The molecule has 0 saturated carbocycles. The number of nitrogens with zero attached hydrogens (tertiary/aromatic N) is 1. The molecule has 0 fully saturated rings. The van der Waals surface area contributed by atoms with Crippen molar-refractivity contribution in [2.75, 3.05) is 0 Å². The van der Waals surface area contributed by atoms with Gasteiger partial charge in [-0.3, -0.25) is 0 Å². The molecule has 1 atom stereocenters. The molecule has 2 N–H and O–H groups in total. The molecular formula is C18H19FN2O. The van der Waals surface area contributed by atoms with E-state index in [2.05, 4.69) is 4.57 Å². The van der Waals surface area contributed by atoms with Gasteiger partial charge in [0.2, 0.25) is 0 Å². The van der Waals surface area contributed by atoms with Crippen LogP contribution in [-0.4, -0.2) is 10.6 Å². The van der Waals surface area contributed by atoms with Crippen LogP contribution in [0.25, 0.3) is 10.9 Å². The average molecular weight is 298 g/mol. The van der Waals surface area contributed by atoms with Crippen LogP contribution in [0.1, 0.15) is 12.5 Å². The SMILES string of the molecule is C[C@@H](N)Cn1ccc2cc(OCc3cccc(F)c3)ccc21. The second-order valence-electron chi connectivity index (χ2n) is 5.58. The topological polar surface area (TPSA) is 40.2 Å². The molecule has 4 heteroatoms. The Hall–Kier alpha value is -2.33. The van der Waals surface area contributed by atoms with Gasteiger partial charge in [-0.05, 0) is 48.9 Å². The van der Waals surface area contributed by atoms with Crippen molar-refractivity contribution in [2.45, 2.75) is 26.1 Å². The van der Waals surface area contributed by atoms with Gasteiger partial charge in [0.05, 0.1) is 0 Å². The largest absolute Gasteiger partial charge is 0.489 e. The zero-order valence-corrected chi connectivity index (χ0v) is 12.5. The highest BCUT2D eigenvalue weighted by Crippen LogP contribution is 2.23. The van der Waals surface area contributed by atoms with Crippen molar-refractivity contribution in [1.82, 2.24) is 4.57 Å². The molecule has 0 aliphatic heterocycles. The number of hydrogen-bond donors (Lipinski definition) is 1. The number of nitrogens with two attached hydrogens (primary N) is 1. The molecule has 114 valence electrons. The molecule has 0 saturated heterocycles. The van der Waals surface area contributed by atoms with E-state index >= 15 is 0 Å². The van der Waals surface area contributed by atoms with Crippen LogP contribution >= 0.6 is 0 Å². The lowest BCUT2D eigenvalue weighted by atomic mass is 10.2. The zero-order chi connectivity index (χ0) is 15.5. The molecule has 3 aromatic rings. The van der Waals surface area contributed by atoms with Crippen LogP contribution in [0, 0.1) is 5.82 Å². The van der Waals surface area contributed by atoms with Crippen LogP contribution < -0.4 is 10.5 Å². The fourth-order valence-corrected chi connectivity index (χ4v) is 2.53. The quantitative estimate of drug-likeness (QED) is 0.780. The van der Waals surface area contributed by atoms with Gasteiger partial charge < -0.3 is 15.0 Å². The predicted octanol–water partition coefficient (Wildman–Crippen LogP) is 3.71. The van der Waals surface area contributed by atoms with Crippen LogP contribution in [0.4, 0.5) is 4.39 Å². The molecule has 22 heavy (non-hydrogen) atoms. The maximum Gasteiger partial charge on any atom is 0.123 e. The fourth-order valence-electron chi connectivity index (χ4n) is 2.53. The summed E-state index contributed by atoms with van der Waals surface area (Å²) in [4.78, 5) is 0. The Balaban J connectivity index is 1.75. The third kappa shape index (κ3) is 3.28. The van der Waals surface area contributed by atoms with Gasteiger partial charge >= 0.3 is 0 Å². The summed E-state index contributed by atoms with van der Waals surface area (Å²) in [7, 11) is 0. The minimum atomic E-state index is -0.246. The summed E-state index contributed by atoms with van der Waals surface area (Å²) in [6.07, 6.45) is 2.03. The first kappa shape index (κ1) is 14.6. The normalized spacial score (nSPS) is 12.5. The summed E-state index contributed by atoms with van der Waals surface area (Å²) < 4.78 is 21.0. The number of rotatable bonds is 5. The highest BCUT2D eigenvalue weighted by Gasteiger charge is 2.05. The van der Waals surface area contributed by atoms with Crippen LogP contribution in [-0.2, 0) is 13.2 Å². The summed E-state index contributed by atoms with van der Waals surface area (Å²) in [6.45, 7) is 3.12. The van der Waals surface area contributed by atoms with Gasteiger partial charge in [0.25, 0.3) is 0 Å². The first-order chi connectivity index (χ1) is 10.6. The maximum atomic E-state index is 13.1. The first-order valence-corrected chi connectivity index (χ1v) is 7.33. The van der Waals surface area contributed by atoms with Crippen molar-refractivity contribution in [2.24, 2.45) is 5.73 Å². The number of hydrogen-bond acceptors (Lipinski definition) is 2. The van der Waals surface area contributed by atoms with Gasteiger partial charge in [-0.15, -0.1) is 0 Å². The second kappa shape index (κ2) is 6.20. The molecule has 2 aromatic carbocycles. The van der Waals surface area contributed by atoms with Gasteiger partial charge in [0.1, 0.15) is 18.2 Å². The maximum absolute atomic E-state index is 13.1. The zero-order valence-electron chi connectivity index (χ0n) is 12.5. The Morgan fingerprint density at radius 2 is 2.05 bits per heavy atom. The molecule has 0 unspecified atom stereocenters. The lowest BCUT2D eigenvalue weighted by Gasteiger charge is -2.10. The van der Waals surface area contributed by atoms with E-state index in [1.54, 1.807) is 6.07 Å². The molecule has 1 heterocycles. The molecule has 3 rings (SSSR count). The standard InChI is InChI=1S/C18H19FN2O/c1-13(20)11-21-8-7-15-10-17(5-6-18(15)21)22-12-14-3-2-4-16(19)9-14/h2-10,13H,11-12,20H2,1H3/t13-/m1/s1. The van der Waals surface area contributed by atoms with Gasteiger partial charge in [-0.2, -0.15) is 0 Å². The Kier molecular flexibility index (Phi) is 4.11. The van der Waals surface area contributed by atoms with Gasteiger partial charge in [0.15, 0.2) is 0 Å². The second-order valence-corrected chi connectivity index (χ2v) is 5.58. The lowest BCUT2D eigenvalue weighted by molar-refractivity contribution is 0.306. The molecule has 0 aliphatic carbocycles. The predicted molar refractivity (Wildman–Crippen MR) is 86.3 cm³/mol. The van der Waals surface area contributed by atoms with Crippen molar-refractivity contribution in [3.8, 4) is 5.75 Å². The fraction of sp³-hybridized carbons (Fsp3) is 0.222. The molecule has 0 amide bonds. The first-order valence-electron chi connectivity index (χ1n) is 7.33. The molecule has 3 nitrogen and oxygen atoms in total. The van der Waals surface area contributed by atoms with Crippen LogP contribution in [0.3, 0.4) is 0 Å². The van der Waals surface area contributed by atoms with E-state index in [1.807, 2.05) is 43.5 Å². The van der Waals surface area contributed by atoms with Crippen molar-refractivity contribution in [3.63, 3.8) is 0 Å². The van der Waals surface area contributed by atoms with Crippen molar-refractivity contribution >= 4 is 10.9 Å². The Morgan fingerprint density at radius 3 is 2.82 bits per heavy atom. The minimum absolute atomic E-state index is 0.111. The molecule has 0 aliphatic rings. The van der Waals surface area contributed by atoms with E-state index in [-0.39, 0.29) is 11.9 Å². The minimum Gasteiger partial charge on any atom is -0.489 e. The average Bonchev–Trinajstić information content (AvgIpc) is 2.87. The van der Waals surface area contributed by atoms with Crippen LogP contribution in [0.5, 0.6) is 5.75 Å². The summed E-state index contributed by atoms with van der Waals surface area (Å²) in [5, 5.41) is 1.11. The van der Waals surface area contributed by atoms with Gasteiger partial charge in [-0.25, -0.2) is 4.39 Å². The summed E-state index contributed by atoms with van der Waals surface area (Å²) in [5.74, 6) is 0.528. The summed E-state index contributed by atoms with van der Waals surface area (Å²) in [5.41, 5.74) is 7.80. The van der Waals surface area contributed by atoms with Crippen LogP contribution in [0.15, 0.2) is 54.7 Å². The molecule has 0 bridgehead atoms. The van der Waals surface area contributed by atoms with Gasteiger partial charge in [0, 0.05) is 29.7 Å². The Bertz CT molecular complexity index is 780. The number of halogens is 1. The molecule has 0 radical (unpaired) electrons. The third-order valence-electron chi connectivity index (χ3n) is 3.52. The van der Waals surface area contributed by atoms with Gasteiger partial charge in [-0.1, -0.05) is 12.1 Å². The number of benzene rings is 2. The van der Waals surface area contributed by atoms with Crippen molar-refractivity contribution in [1.29, 1.82) is 0 Å². The van der Waals surface area contributed by atoms with E-state index in [9.17, 15) is 4.39 Å². The Labute approximate surface area is 129 Å². The van der Waals surface area contributed by atoms with E-state index in [1.165, 1.54) is 12.1 Å². The highest BCUT2D eigenvalue weighted by molar-refractivity contribution is 5.81. The van der Waals surface area contributed by atoms with E-state index < -0.39 is 0 Å². The number of fused-ring (bicyclic) bond motifs is 1. The van der Waals surface area contributed by atoms with E-state index in [4.69, 9.17) is 10.5 Å². The third-order valence-corrected chi connectivity index (χ3v) is 3.52. The number of aromatic nitrogens is 1. The number of ether oxygens (including phenoxy) is 1. The highest BCUT2D eigenvalue weighted by atomic mass is 19.1. The molecule has 1 aromatic heterocycles. The smallest absolute Gasteiger partial charge is 0.123 e. The summed E-state index contributed by atoms with van der Waals surface area (Å²) in [6, 6.07) is 14.6. The monoisotopic (exact) mass is 298 g/mol. The lowest BCUT2D eigenvalue weighted by Crippen LogP contribution is -2.21. The Morgan fingerprint density at radius 1 is 1.18 bits per heavy atom.